The predicted molar refractivity (Wildman–Crippen MR) is 53.4 cm³/mol. The van der Waals surface area contributed by atoms with Crippen LogP contribution in [0.5, 0.6) is 0 Å². The Balaban J connectivity index is 2.39. The molecule has 1 heteroatoms. The van der Waals surface area contributed by atoms with Crippen LogP contribution in [0.2, 0.25) is 0 Å². The minimum absolute atomic E-state index is 0.114. The molecule has 1 nitrogen and oxygen atoms in total. The summed E-state index contributed by atoms with van der Waals surface area (Å²) in [6.07, 6.45) is 7.49. The van der Waals surface area contributed by atoms with Crippen LogP contribution in [0.25, 0.3) is 0 Å². The van der Waals surface area contributed by atoms with Crippen LogP contribution in [0, 0.1) is 16.7 Å². The van der Waals surface area contributed by atoms with Crippen molar-refractivity contribution in [3.05, 3.63) is 12.2 Å². The molecule has 2 bridgehead atoms. The maximum atomic E-state index is 11.8. The lowest BCUT2D eigenvalue weighted by Gasteiger charge is -2.48. The molecule has 0 heterocycles. The number of carbonyl (C=O) groups is 1. The van der Waals surface area contributed by atoms with Crippen LogP contribution in [-0.2, 0) is 4.79 Å². The van der Waals surface area contributed by atoms with Crippen molar-refractivity contribution in [3.63, 3.8) is 0 Å². The minimum atomic E-state index is -0.114. The van der Waals surface area contributed by atoms with E-state index >= 15 is 0 Å². The normalized spacial score (nSPS) is 43.2. The van der Waals surface area contributed by atoms with Crippen LogP contribution in [0.3, 0.4) is 0 Å². The zero-order valence-electron chi connectivity index (χ0n) is 8.76. The molecular formula is C12H18O. The van der Waals surface area contributed by atoms with Crippen molar-refractivity contribution in [1.82, 2.24) is 0 Å². The molecule has 13 heavy (non-hydrogen) atoms. The van der Waals surface area contributed by atoms with Crippen molar-refractivity contribution >= 4 is 5.78 Å². The van der Waals surface area contributed by atoms with Gasteiger partial charge in [-0.25, -0.2) is 0 Å². The van der Waals surface area contributed by atoms with Gasteiger partial charge in [-0.15, -0.1) is 0 Å². The Kier molecular flexibility index (Phi) is 1.70. The molecule has 3 rings (SSSR count). The lowest BCUT2D eigenvalue weighted by Crippen LogP contribution is -2.45. The highest BCUT2D eigenvalue weighted by Gasteiger charge is 2.49. The van der Waals surface area contributed by atoms with E-state index in [-0.39, 0.29) is 10.8 Å². The second kappa shape index (κ2) is 2.46. The summed E-state index contributed by atoms with van der Waals surface area (Å²) in [5.74, 6) is 1.05. The van der Waals surface area contributed by atoms with Gasteiger partial charge in [-0.3, -0.25) is 4.79 Å². The van der Waals surface area contributed by atoms with Crippen LogP contribution in [0.15, 0.2) is 12.2 Å². The average Bonchev–Trinajstić information content (AvgIpc) is 2.08. The first kappa shape index (κ1) is 8.98. The molecule has 72 valence electrons. The van der Waals surface area contributed by atoms with Crippen LogP contribution in [0.4, 0.5) is 0 Å². The van der Waals surface area contributed by atoms with Gasteiger partial charge in [0.05, 0.1) is 0 Å². The van der Waals surface area contributed by atoms with Crippen LogP contribution < -0.4 is 0 Å². The Morgan fingerprint density at radius 2 is 2.00 bits per heavy atom. The number of ketones is 1. The van der Waals surface area contributed by atoms with E-state index in [9.17, 15) is 4.79 Å². The van der Waals surface area contributed by atoms with E-state index in [0.717, 1.165) is 12.8 Å². The fourth-order valence-corrected chi connectivity index (χ4v) is 2.57. The third-order valence-electron chi connectivity index (χ3n) is 4.17. The smallest absolute Gasteiger partial charge is 0.143 e. The first-order chi connectivity index (χ1) is 5.99. The highest BCUT2D eigenvalue weighted by Crippen LogP contribution is 2.53. The standard InChI is InChI=1S/C12H18O/c1-9(2)12-6-4-11(3,5-7-12)10(13)8-12/h4,6,9H,5,7-8H2,1-3H3/t11-,12-/m0/s1. The highest BCUT2D eigenvalue weighted by atomic mass is 16.1. The lowest BCUT2D eigenvalue weighted by atomic mass is 9.55. The summed E-state index contributed by atoms with van der Waals surface area (Å²) in [6, 6.07) is 0. The molecule has 0 spiro atoms. The molecule has 0 aromatic heterocycles. The van der Waals surface area contributed by atoms with Gasteiger partial charge in [0.2, 0.25) is 0 Å². The SMILES string of the molecule is CC(C)[C@@]12C=C[C@@](C)(CC1)C(=O)C2. The van der Waals surface area contributed by atoms with Gasteiger partial charge in [0.1, 0.15) is 5.78 Å². The molecule has 3 aliphatic rings. The van der Waals surface area contributed by atoms with Crippen molar-refractivity contribution in [2.24, 2.45) is 16.7 Å². The van der Waals surface area contributed by atoms with E-state index in [1.54, 1.807) is 0 Å². The predicted octanol–water partition coefficient (Wildman–Crippen LogP) is 2.96. The Labute approximate surface area is 80.2 Å². The minimum Gasteiger partial charge on any atom is -0.299 e. The number of Topliss-reactive ketones (excluding diaryl/α,β-unsaturated/α-hetero) is 1. The number of rotatable bonds is 1. The molecule has 0 unspecified atom stereocenters. The Bertz CT molecular complexity index is 277. The van der Waals surface area contributed by atoms with E-state index in [2.05, 4.69) is 32.9 Å². The summed E-state index contributed by atoms with van der Waals surface area (Å²) in [4.78, 5) is 11.8. The molecule has 0 saturated heterocycles. The second-order valence-corrected chi connectivity index (χ2v) is 5.24. The van der Waals surface area contributed by atoms with E-state index in [4.69, 9.17) is 0 Å². The van der Waals surface area contributed by atoms with E-state index in [0.29, 0.717) is 11.7 Å². The van der Waals surface area contributed by atoms with Crippen LogP contribution >= 0.6 is 0 Å². The van der Waals surface area contributed by atoms with Gasteiger partial charge in [-0.2, -0.15) is 0 Å². The summed E-state index contributed by atoms with van der Waals surface area (Å²) < 4.78 is 0. The lowest BCUT2D eigenvalue weighted by molar-refractivity contribution is -0.133. The van der Waals surface area contributed by atoms with Gasteiger partial charge in [0.25, 0.3) is 0 Å². The molecule has 1 fully saturated rings. The van der Waals surface area contributed by atoms with Gasteiger partial charge in [-0.1, -0.05) is 26.0 Å². The summed E-state index contributed by atoms with van der Waals surface area (Å²) in [6.45, 7) is 6.53. The number of carbonyl (C=O) groups excluding carboxylic acids is 1. The van der Waals surface area contributed by atoms with Crippen LogP contribution in [-0.4, -0.2) is 5.78 Å². The first-order valence-corrected chi connectivity index (χ1v) is 5.22. The molecule has 2 atom stereocenters. The van der Waals surface area contributed by atoms with E-state index < -0.39 is 0 Å². The van der Waals surface area contributed by atoms with Crippen molar-refractivity contribution in [3.8, 4) is 0 Å². The molecule has 0 aromatic rings. The zero-order chi connectivity index (χ0) is 9.69. The molecule has 3 aliphatic carbocycles. The zero-order valence-corrected chi connectivity index (χ0v) is 8.76. The third-order valence-corrected chi connectivity index (χ3v) is 4.17. The van der Waals surface area contributed by atoms with Crippen molar-refractivity contribution in [1.29, 1.82) is 0 Å². The summed E-state index contributed by atoms with van der Waals surface area (Å²) >= 11 is 0. The molecule has 0 aliphatic heterocycles. The fraction of sp³-hybridized carbons (Fsp3) is 0.750. The third kappa shape index (κ3) is 1.09. The Morgan fingerprint density at radius 3 is 2.38 bits per heavy atom. The summed E-state index contributed by atoms with van der Waals surface area (Å²) in [7, 11) is 0. The molecule has 0 N–H and O–H groups in total. The molecule has 1 saturated carbocycles. The fourth-order valence-electron chi connectivity index (χ4n) is 2.57. The van der Waals surface area contributed by atoms with E-state index in [1.807, 2.05) is 0 Å². The van der Waals surface area contributed by atoms with Crippen molar-refractivity contribution < 1.29 is 4.79 Å². The van der Waals surface area contributed by atoms with Gasteiger partial charge < -0.3 is 0 Å². The van der Waals surface area contributed by atoms with Gasteiger partial charge in [0.15, 0.2) is 0 Å². The van der Waals surface area contributed by atoms with Gasteiger partial charge in [-0.05, 0) is 31.1 Å². The average molecular weight is 178 g/mol. The van der Waals surface area contributed by atoms with Gasteiger partial charge in [0, 0.05) is 11.8 Å². The van der Waals surface area contributed by atoms with Crippen LogP contribution in [0.1, 0.15) is 40.0 Å². The maximum absolute atomic E-state index is 11.8. The number of allylic oxidation sites excluding steroid dienone is 2. The van der Waals surface area contributed by atoms with Crippen molar-refractivity contribution in [2.75, 3.05) is 0 Å². The topological polar surface area (TPSA) is 17.1 Å². The molecular weight excluding hydrogens is 160 g/mol. The molecule has 0 amide bonds. The number of fused-ring (bicyclic) bond motifs is 2. The largest absolute Gasteiger partial charge is 0.299 e. The highest BCUT2D eigenvalue weighted by molar-refractivity contribution is 5.89. The summed E-state index contributed by atoms with van der Waals surface area (Å²) in [5.41, 5.74) is 0.0888. The molecule has 0 radical (unpaired) electrons. The molecule has 0 aromatic carbocycles. The van der Waals surface area contributed by atoms with Gasteiger partial charge >= 0.3 is 0 Å². The second-order valence-electron chi connectivity index (χ2n) is 5.24. The van der Waals surface area contributed by atoms with Crippen molar-refractivity contribution in [2.45, 2.75) is 40.0 Å². The Morgan fingerprint density at radius 1 is 1.31 bits per heavy atom. The number of hydrogen-bond acceptors (Lipinski definition) is 1. The maximum Gasteiger partial charge on any atom is 0.143 e. The first-order valence-electron chi connectivity index (χ1n) is 5.22. The monoisotopic (exact) mass is 178 g/mol. The summed E-state index contributed by atoms with van der Waals surface area (Å²) in [5, 5.41) is 0. The quantitative estimate of drug-likeness (QED) is 0.564. The van der Waals surface area contributed by atoms with E-state index in [1.165, 1.54) is 6.42 Å². The Hall–Kier alpha value is -0.590. The number of hydrogen-bond donors (Lipinski definition) is 0.